The Morgan fingerprint density at radius 3 is 2.71 bits per heavy atom. The lowest BCUT2D eigenvalue weighted by atomic mass is 9.99. The highest BCUT2D eigenvalue weighted by Gasteiger charge is 2.27. The second kappa shape index (κ2) is 6.57. The smallest absolute Gasteiger partial charge is 0.339 e. The van der Waals surface area contributed by atoms with E-state index < -0.39 is 5.97 Å². The highest BCUT2D eigenvalue weighted by Crippen LogP contribution is 2.32. The highest BCUT2D eigenvalue weighted by atomic mass is 79.9. The zero-order valence-electron chi connectivity index (χ0n) is 12.8. The van der Waals surface area contributed by atoms with Gasteiger partial charge >= 0.3 is 5.97 Å². The number of esters is 1. The number of anilines is 1. The zero-order valence-corrected chi connectivity index (χ0v) is 14.4. The van der Waals surface area contributed by atoms with Crippen LogP contribution in [0.3, 0.4) is 0 Å². The van der Waals surface area contributed by atoms with Crippen LogP contribution in [0.5, 0.6) is 0 Å². The fourth-order valence-corrected chi connectivity index (χ4v) is 2.96. The van der Waals surface area contributed by atoms with Crippen LogP contribution in [0.25, 0.3) is 0 Å². The van der Waals surface area contributed by atoms with Crippen LogP contribution in [0.2, 0.25) is 0 Å². The first kappa shape index (κ1) is 16.4. The van der Waals surface area contributed by atoms with Crippen molar-refractivity contribution in [3.63, 3.8) is 0 Å². The summed E-state index contributed by atoms with van der Waals surface area (Å²) < 4.78 is 5.70. The number of hydrogen-bond donors (Lipinski definition) is 1. The minimum atomic E-state index is -0.567. The molecule has 1 aliphatic rings. The summed E-state index contributed by atoms with van der Waals surface area (Å²) in [6.45, 7) is 1.43. The molecule has 0 unspecified atom stereocenters. The monoisotopic (exact) mass is 387 g/mol. The molecule has 2 aromatic rings. The van der Waals surface area contributed by atoms with Gasteiger partial charge in [0.2, 0.25) is 5.91 Å². The van der Waals surface area contributed by atoms with E-state index in [0.29, 0.717) is 21.3 Å². The van der Waals surface area contributed by atoms with E-state index in [9.17, 15) is 14.4 Å². The van der Waals surface area contributed by atoms with Crippen LogP contribution in [-0.2, 0) is 9.53 Å². The van der Waals surface area contributed by atoms with Gasteiger partial charge in [0.15, 0.2) is 12.4 Å². The van der Waals surface area contributed by atoms with Crippen LogP contribution < -0.4 is 5.32 Å². The summed E-state index contributed by atoms with van der Waals surface area (Å²) in [6.07, 6.45) is 0. The van der Waals surface area contributed by atoms with Crippen molar-refractivity contribution >= 4 is 39.3 Å². The molecule has 0 aliphatic carbocycles. The van der Waals surface area contributed by atoms with Gasteiger partial charge in [0.05, 0.1) is 11.5 Å². The number of carbonyl (C=O) groups excluding carboxylic acids is 3. The number of carbonyl (C=O) groups is 3. The van der Waals surface area contributed by atoms with Gasteiger partial charge in [-0.3, -0.25) is 9.59 Å². The van der Waals surface area contributed by atoms with Crippen molar-refractivity contribution in [3.05, 3.63) is 63.6 Å². The van der Waals surface area contributed by atoms with Crippen molar-refractivity contribution < 1.29 is 19.1 Å². The van der Waals surface area contributed by atoms with Crippen molar-refractivity contribution in [3.8, 4) is 0 Å². The minimum Gasteiger partial charge on any atom is -0.454 e. The van der Waals surface area contributed by atoms with Gasteiger partial charge in [0, 0.05) is 15.7 Å². The van der Waals surface area contributed by atoms with Crippen molar-refractivity contribution in [2.24, 2.45) is 0 Å². The molecule has 1 atom stereocenters. The molecule has 122 valence electrons. The molecule has 1 amide bonds. The number of ketones is 1. The van der Waals surface area contributed by atoms with Gasteiger partial charge in [0.25, 0.3) is 0 Å². The standard InChI is InChI=1S/C18H14BrNO4/c1-10-13-8-11(6-7-15(13)20-17(10)22)16(21)9-24-18(23)12-4-2-3-5-14(12)19/h2-8,10H,9H2,1H3,(H,20,22)/t10-/m1/s1. The van der Waals surface area contributed by atoms with E-state index in [-0.39, 0.29) is 24.2 Å². The summed E-state index contributed by atoms with van der Waals surface area (Å²) in [5.41, 5.74) is 2.27. The maximum absolute atomic E-state index is 12.3. The SMILES string of the molecule is C[C@H]1C(=O)Nc2ccc(C(=O)COC(=O)c3ccccc3Br)cc21. The second-order valence-corrected chi connectivity index (χ2v) is 6.35. The number of nitrogens with one attached hydrogen (secondary N) is 1. The number of fused-ring (bicyclic) bond motifs is 1. The summed E-state index contributed by atoms with van der Waals surface area (Å²) in [5.74, 6) is -1.27. The van der Waals surface area contributed by atoms with E-state index in [1.165, 1.54) is 0 Å². The van der Waals surface area contributed by atoms with E-state index >= 15 is 0 Å². The molecular weight excluding hydrogens is 374 g/mol. The molecule has 2 aromatic carbocycles. The molecule has 0 fully saturated rings. The van der Waals surface area contributed by atoms with Gasteiger partial charge in [-0.25, -0.2) is 4.79 Å². The predicted molar refractivity (Wildman–Crippen MR) is 92.2 cm³/mol. The predicted octanol–water partition coefficient (Wildman–Crippen LogP) is 3.54. The number of hydrogen-bond acceptors (Lipinski definition) is 4. The van der Waals surface area contributed by atoms with Gasteiger partial charge in [-0.05, 0) is 58.7 Å². The third-order valence-electron chi connectivity index (χ3n) is 3.92. The quantitative estimate of drug-likeness (QED) is 0.643. The highest BCUT2D eigenvalue weighted by molar-refractivity contribution is 9.10. The first-order valence-electron chi connectivity index (χ1n) is 7.37. The van der Waals surface area contributed by atoms with Crippen molar-refractivity contribution in [1.29, 1.82) is 0 Å². The number of rotatable bonds is 4. The molecule has 3 rings (SSSR count). The summed E-state index contributed by atoms with van der Waals surface area (Å²) in [4.78, 5) is 35.9. The number of halogens is 1. The maximum atomic E-state index is 12.3. The molecule has 0 aromatic heterocycles. The minimum absolute atomic E-state index is 0.0880. The van der Waals surface area contributed by atoms with E-state index in [1.54, 1.807) is 49.4 Å². The van der Waals surface area contributed by atoms with Gasteiger partial charge in [-0.1, -0.05) is 12.1 Å². The Morgan fingerprint density at radius 2 is 1.96 bits per heavy atom. The largest absolute Gasteiger partial charge is 0.454 e. The topological polar surface area (TPSA) is 72.5 Å². The average Bonchev–Trinajstić information content (AvgIpc) is 2.87. The lowest BCUT2D eigenvalue weighted by molar-refractivity contribution is -0.116. The summed E-state index contributed by atoms with van der Waals surface area (Å²) >= 11 is 3.27. The third-order valence-corrected chi connectivity index (χ3v) is 4.61. The summed E-state index contributed by atoms with van der Waals surface area (Å²) in [7, 11) is 0. The lowest BCUT2D eigenvalue weighted by Crippen LogP contribution is -2.15. The molecule has 6 heteroatoms. The molecule has 0 bridgehead atoms. The number of ether oxygens (including phenoxy) is 1. The molecule has 0 saturated heterocycles. The molecule has 0 spiro atoms. The molecule has 0 radical (unpaired) electrons. The van der Waals surface area contributed by atoms with Crippen molar-refractivity contribution in [2.45, 2.75) is 12.8 Å². The van der Waals surface area contributed by atoms with Crippen LogP contribution in [0.4, 0.5) is 5.69 Å². The van der Waals surface area contributed by atoms with Crippen LogP contribution in [0.1, 0.15) is 39.1 Å². The normalized spacial score (nSPS) is 15.6. The average molecular weight is 388 g/mol. The van der Waals surface area contributed by atoms with Crippen LogP contribution in [0.15, 0.2) is 46.9 Å². The van der Waals surface area contributed by atoms with Crippen LogP contribution in [-0.4, -0.2) is 24.3 Å². The van der Waals surface area contributed by atoms with Gasteiger partial charge in [-0.15, -0.1) is 0 Å². The first-order valence-corrected chi connectivity index (χ1v) is 8.16. The lowest BCUT2D eigenvalue weighted by Gasteiger charge is -2.07. The molecule has 1 aliphatic heterocycles. The van der Waals surface area contributed by atoms with Crippen LogP contribution >= 0.6 is 15.9 Å². The van der Waals surface area contributed by atoms with Gasteiger partial charge in [-0.2, -0.15) is 0 Å². The Hall–Kier alpha value is -2.47. The van der Waals surface area contributed by atoms with Crippen molar-refractivity contribution in [2.75, 3.05) is 11.9 Å². The Kier molecular flexibility index (Phi) is 4.49. The van der Waals surface area contributed by atoms with E-state index in [0.717, 1.165) is 5.56 Å². The van der Waals surface area contributed by atoms with E-state index in [2.05, 4.69) is 21.2 Å². The Bertz CT molecular complexity index is 847. The van der Waals surface area contributed by atoms with Crippen LogP contribution in [0, 0.1) is 0 Å². The van der Waals surface area contributed by atoms with Gasteiger partial charge in [0.1, 0.15) is 0 Å². The number of Topliss-reactive ketones (excluding diaryl/α,β-unsaturated/α-hetero) is 1. The molecular formula is C18H14BrNO4. The van der Waals surface area contributed by atoms with E-state index in [4.69, 9.17) is 4.74 Å². The zero-order chi connectivity index (χ0) is 17.3. The first-order chi connectivity index (χ1) is 11.5. The maximum Gasteiger partial charge on any atom is 0.339 e. The Balaban J connectivity index is 1.69. The molecule has 1 N–H and O–H groups in total. The van der Waals surface area contributed by atoms with Crippen molar-refractivity contribution in [1.82, 2.24) is 0 Å². The molecule has 5 nitrogen and oxygen atoms in total. The van der Waals surface area contributed by atoms with Gasteiger partial charge < -0.3 is 10.1 Å². The second-order valence-electron chi connectivity index (χ2n) is 5.49. The van der Waals surface area contributed by atoms with E-state index in [1.807, 2.05) is 0 Å². The fourth-order valence-electron chi connectivity index (χ4n) is 2.51. The third kappa shape index (κ3) is 3.10. The fraction of sp³-hybridized carbons (Fsp3) is 0.167. The molecule has 1 heterocycles. The number of amides is 1. The molecule has 0 saturated carbocycles. The Morgan fingerprint density at radius 1 is 1.21 bits per heavy atom. The summed E-state index contributed by atoms with van der Waals surface area (Å²) in [6, 6.07) is 11.8. The summed E-state index contributed by atoms with van der Waals surface area (Å²) in [5, 5.41) is 2.75. The number of benzene rings is 2. The molecule has 24 heavy (non-hydrogen) atoms. The Labute approximate surface area is 147 Å².